The monoisotopic (exact) mass is 799 g/mol. The van der Waals surface area contributed by atoms with Gasteiger partial charge in [0.2, 0.25) is 12.1 Å². The van der Waals surface area contributed by atoms with Gasteiger partial charge in [0, 0.05) is 36.4 Å². The van der Waals surface area contributed by atoms with Crippen molar-refractivity contribution in [1.29, 1.82) is 5.26 Å². The average Bonchev–Trinajstić information content (AvgIpc) is 3.75. The standard InChI is InChI=1S/C29H39N7O10P2S2Si/c1-29(2,3)51(4,5)46-24-21-14-41-48(50,39-10-6-8-30)44-20-12-19(42-22-7-9-31-15-32-22)11-18(20)13-40-47(38,49)45-25(24)28(43-21)36-17-35-23-26(36)33-16-34-27(23)37/h7,9,14-20,24-25,28H,6,10-13H2,1-5H3,(H,38,49)(H,33,34,37)/b21-14+/t18-,19-,20+,24?,25-,28-,47?,48?/m1/s1. The highest BCUT2D eigenvalue weighted by Gasteiger charge is 2.53. The Bertz CT molecular complexity index is 1960. The molecule has 6 rings (SSSR count). The number of nitrogens with zero attached hydrogens (tertiary/aromatic N) is 6. The zero-order valence-corrected chi connectivity index (χ0v) is 33.0. The lowest BCUT2D eigenvalue weighted by Crippen LogP contribution is -2.47. The molecule has 2 aliphatic heterocycles. The molecule has 1 aliphatic carbocycles. The van der Waals surface area contributed by atoms with Crippen LogP contribution in [0.25, 0.3) is 11.2 Å². The van der Waals surface area contributed by atoms with Gasteiger partial charge < -0.3 is 27.9 Å². The second-order valence-electron chi connectivity index (χ2n) is 13.7. The Hall–Kier alpha value is -2.69. The topological polar surface area (TPSA) is 204 Å². The predicted octanol–water partition coefficient (Wildman–Crippen LogP) is 5.54. The van der Waals surface area contributed by atoms with E-state index in [1.807, 2.05) is 19.2 Å². The third kappa shape index (κ3) is 8.59. The molecule has 5 heterocycles. The molecule has 0 radical (unpaired) electrons. The first kappa shape index (κ1) is 38.0. The maximum absolute atomic E-state index is 14.2. The molecule has 276 valence electrons. The van der Waals surface area contributed by atoms with E-state index in [1.54, 1.807) is 12.3 Å². The SMILES string of the molecule is CC(C)(C)[Si](C)(C)OC1/C2=C\OP(=S)(OCCC#N)O[C@H]3C[C@H](Oc4ccncn4)C[C@@H]3COP(=O)(S)O[C@H]1[C@H](n1cnc3c(=O)[nH]cnc31)O2. The van der Waals surface area contributed by atoms with E-state index in [4.69, 9.17) is 48.3 Å². The van der Waals surface area contributed by atoms with E-state index in [9.17, 15) is 14.6 Å². The van der Waals surface area contributed by atoms with Crippen LogP contribution < -0.4 is 10.3 Å². The smallest absolute Gasteiger partial charge is 0.386 e. The highest BCUT2D eigenvalue weighted by Crippen LogP contribution is 2.60. The van der Waals surface area contributed by atoms with E-state index in [2.05, 4.69) is 57.9 Å². The minimum Gasteiger partial charge on any atom is -0.474 e. The molecule has 0 aromatic carbocycles. The van der Waals surface area contributed by atoms with E-state index < -0.39 is 57.9 Å². The third-order valence-corrected chi connectivity index (χ3v) is 17.4. The summed E-state index contributed by atoms with van der Waals surface area (Å²) in [7, 11) is -2.63. The summed E-state index contributed by atoms with van der Waals surface area (Å²) in [6.07, 6.45) is 3.23. The van der Waals surface area contributed by atoms with Crippen LogP contribution in [0.4, 0.5) is 0 Å². The molecule has 0 amide bonds. The number of fused-ring (bicyclic) bond motifs is 4. The molecule has 3 aromatic heterocycles. The molecule has 3 aliphatic rings. The molecule has 8 atom stereocenters. The van der Waals surface area contributed by atoms with Crippen molar-refractivity contribution in [2.45, 2.75) is 88.8 Å². The van der Waals surface area contributed by atoms with E-state index in [-0.39, 0.29) is 47.7 Å². The number of hydrogen-bond donors (Lipinski definition) is 2. The Morgan fingerprint density at radius 1 is 1.24 bits per heavy atom. The lowest BCUT2D eigenvalue weighted by molar-refractivity contribution is -0.00370. The van der Waals surface area contributed by atoms with E-state index in [0.717, 1.165) is 0 Å². The van der Waals surface area contributed by atoms with E-state index in [0.29, 0.717) is 18.7 Å². The van der Waals surface area contributed by atoms with Gasteiger partial charge in [-0.2, -0.15) is 5.26 Å². The molecular formula is C29H39N7O10P2S2Si. The minimum atomic E-state index is -4.18. The number of nitrogens with one attached hydrogen (secondary N) is 1. The summed E-state index contributed by atoms with van der Waals surface area (Å²) in [5, 5.41) is 8.96. The lowest BCUT2D eigenvalue weighted by Gasteiger charge is -2.39. The molecule has 17 nitrogen and oxygen atoms in total. The Labute approximate surface area is 305 Å². The molecule has 2 fully saturated rings. The summed E-state index contributed by atoms with van der Waals surface area (Å²) in [6, 6.07) is 3.67. The van der Waals surface area contributed by atoms with Gasteiger partial charge >= 0.3 is 13.5 Å². The Balaban J connectivity index is 1.41. The fourth-order valence-electron chi connectivity index (χ4n) is 5.57. The number of H-pyrrole nitrogens is 1. The number of imidazole rings is 1. The molecule has 1 saturated heterocycles. The third-order valence-electron chi connectivity index (χ3n) is 9.15. The first-order valence-electron chi connectivity index (χ1n) is 16.1. The molecule has 2 bridgehead atoms. The van der Waals surface area contributed by atoms with Gasteiger partial charge in [-0.05, 0) is 24.6 Å². The number of rotatable bonds is 8. The minimum absolute atomic E-state index is 0.0343. The van der Waals surface area contributed by atoms with Crippen molar-refractivity contribution in [3.05, 3.63) is 53.6 Å². The normalized spacial score (nSPS) is 32.6. The number of thiol groups is 1. The van der Waals surface area contributed by atoms with Crippen molar-refractivity contribution in [2.24, 2.45) is 5.92 Å². The second-order valence-corrected chi connectivity index (χ2v) is 24.2. The van der Waals surface area contributed by atoms with Crippen molar-refractivity contribution in [2.75, 3.05) is 13.2 Å². The zero-order chi connectivity index (χ0) is 36.6. The van der Waals surface area contributed by atoms with Crippen LogP contribution in [0.15, 0.2) is 48.1 Å². The predicted molar refractivity (Wildman–Crippen MR) is 191 cm³/mol. The first-order chi connectivity index (χ1) is 24.1. The highest BCUT2D eigenvalue weighted by atomic mass is 32.7. The van der Waals surface area contributed by atoms with Crippen LogP contribution in [0.1, 0.15) is 46.3 Å². The molecule has 51 heavy (non-hydrogen) atoms. The van der Waals surface area contributed by atoms with Crippen LogP contribution >= 0.6 is 25.8 Å². The maximum atomic E-state index is 14.2. The largest absolute Gasteiger partial charge is 0.474 e. The lowest BCUT2D eigenvalue weighted by atomic mass is 10.1. The summed E-state index contributed by atoms with van der Waals surface area (Å²) in [5.41, 5.74) is -0.234. The van der Waals surface area contributed by atoms with Crippen LogP contribution in [0.2, 0.25) is 18.1 Å². The van der Waals surface area contributed by atoms with Gasteiger partial charge in [-0.3, -0.25) is 22.9 Å². The van der Waals surface area contributed by atoms with Crippen molar-refractivity contribution >= 4 is 57.1 Å². The molecule has 1 N–H and O–H groups in total. The van der Waals surface area contributed by atoms with E-state index >= 15 is 0 Å². The highest BCUT2D eigenvalue weighted by molar-refractivity contribution is 8.44. The van der Waals surface area contributed by atoms with Gasteiger partial charge in [0.15, 0.2) is 31.3 Å². The van der Waals surface area contributed by atoms with Crippen molar-refractivity contribution in [1.82, 2.24) is 29.5 Å². The van der Waals surface area contributed by atoms with E-state index in [1.165, 1.54) is 29.8 Å². The van der Waals surface area contributed by atoms with Gasteiger partial charge in [-0.1, -0.05) is 33.0 Å². The second kappa shape index (κ2) is 15.0. The van der Waals surface area contributed by atoms with Gasteiger partial charge in [0.25, 0.3) is 5.56 Å². The van der Waals surface area contributed by atoms with Gasteiger partial charge in [0.05, 0.1) is 38.1 Å². The van der Waals surface area contributed by atoms with Crippen molar-refractivity contribution in [3.8, 4) is 11.9 Å². The Kier molecular flexibility index (Phi) is 11.2. The summed E-state index contributed by atoms with van der Waals surface area (Å²) >= 11 is 10.3. The van der Waals surface area contributed by atoms with Crippen LogP contribution in [-0.2, 0) is 48.2 Å². The molecule has 22 heteroatoms. The Morgan fingerprint density at radius 2 is 2.04 bits per heavy atom. The first-order valence-corrected chi connectivity index (χ1v) is 24.3. The number of aromatic nitrogens is 6. The van der Waals surface area contributed by atoms with Crippen LogP contribution in [0, 0.1) is 17.2 Å². The molecule has 3 unspecified atom stereocenters. The van der Waals surface area contributed by atoms with Crippen LogP contribution in [-0.4, -0.2) is 75.4 Å². The number of hydrogen-bond acceptors (Lipinski definition) is 16. The number of aromatic amines is 1. The van der Waals surface area contributed by atoms with Crippen LogP contribution in [0.5, 0.6) is 5.88 Å². The van der Waals surface area contributed by atoms with Gasteiger partial charge in [-0.15, -0.1) is 0 Å². The number of nitriles is 1. The average molecular weight is 800 g/mol. The molecular weight excluding hydrogens is 761 g/mol. The molecule has 3 aromatic rings. The number of ether oxygens (including phenoxy) is 2. The summed E-state index contributed by atoms with van der Waals surface area (Å²) in [5.74, 6) is 0.0650. The summed E-state index contributed by atoms with van der Waals surface area (Å²) in [6.45, 7) is 2.25. The fraction of sp³-hybridized carbons (Fsp3) is 0.586. The quantitative estimate of drug-likeness (QED) is 0.124. The molecule has 1 saturated carbocycles. The maximum Gasteiger partial charge on any atom is 0.386 e. The Morgan fingerprint density at radius 3 is 2.76 bits per heavy atom. The van der Waals surface area contributed by atoms with Crippen LogP contribution in [0.3, 0.4) is 0 Å². The summed E-state index contributed by atoms with van der Waals surface area (Å²) in [4.78, 5) is 31.7. The van der Waals surface area contributed by atoms with Gasteiger partial charge in [-0.25, -0.2) is 24.5 Å². The molecule has 0 spiro atoms. The fourth-order valence-corrected chi connectivity index (χ4v) is 10.3. The van der Waals surface area contributed by atoms with Crippen molar-refractivity contribution in [3.63, 3.8) is 0 Å². The van der Waals surface area contributed by atoms with Crippen molar-refractivity contribution < 1.29 is 41.1 Å². The zero-order valence-electron chi connectivity index (χ0n) is 28.5. The van der Waals surface area contributed by atoms with Gasteiger partial charge in [0.1, 0.15) is 31.1 Å². The summed E-state index contributed by atoms with van der Waals surface area (Å²) < 4.78 is 65.9.